The fraction of sp³-hybridized carbons (Fsp3) is 0.316. The molecule has 0 radical (unpaired) electrons. The van der Waals surface area contributed by atoms with Crippen LogP contribution in [0.5, 0.6) is 0 Å². The van der Waals surface area contributed by atoms with Crippen LogP contribution in [-0.2, 0) is 6.42 Å². The van der Waals surface area contributed by atoms with Crippen LogP contribution < -0.4 is 10.6 Å². The van der Waals surface area contributed by atoms with E-state index in [0.717, 1.165) is 42.7 Å². The lowest BCUT2D eigenvalue weighted by atomic mass is 10.2. The number of aliphatic imine (C=N–C) groups is 1. The number of piperazine rings is 1. The molecule has 0 atom stereocenters. The number of halogens is 2. The summed E-state index contributed by atoms with van der Waals surface area (Å²) < 4.78 is 1.98. The lowest BCUT2D eigenvalue weighted by molar-refractivity contribution is 0.381. The summed E-state index contributed by atoms with van der Waals surface area (Å²) in [5.41, 5.74) is 8.24. The van der Waals surface area contributed by atoms with Crippen LogP contribution in [-0.4, -0.2) is 58.2 Å². The van der Waals surface area contributed by atoms with Crippen LogP contribution >= 0.6 is 35.6 Å². The van der Waals surface area contributed by atoms with E-state index >= 15 is 0 Å². The largest absolute Gasteiger partial charge is 0.370 e. The molecule has 148 valence electrons. The van der Waals surface area contributed by atoms with Crippen molar-refractivity contribution >= 4 is 52.9 Å². The van der Waals surface area contributed by atoms with Crippen molar-refractivity contribution in [1.82, 2.24) is 19.5 Å². The predicted octanol–water partition coefficient (Wildman–Crippen LogP) is 2.68. The Labute approximate surface area is 186 Å². The van der Waals surface area contributed by atoms with Gasteiger partial charge >= 0.3 is 0 Å². The number of benzene rings is 1. The van der Waals surface area contributed by atoms with Gasteiger partial charge < -0.3 is 15.5 Å². The Morgan fingerprint density at radius 3 is 2.54 bits per heavy atom. The first kappa shape index (κ1) is 20.7. The molecule has 0 amide bonds. The SMILES string of the molecule is I.NC(=NCCc1nnc2ccccn12)N1CCN(c2ccc(Cl)cc2)CC1. The minimum absolute atomic E-state index is 0. The Morgan fingerprint density at radius 1 is 1.04 bits per heavy atom. The molecule has 0 bridgehead atoms. The number of anilines is 1. The fourth-order valence-electron chi connectivity index (χ4n) is 3.28. The normalized spacial score (nSPS) is 15.0. The smallest absolute Gasteiger partial charge is 0.191 e. The molecule has 1 aliphatic rings. The average molecular weight is 512 g/mol. The Morgan fingerprint density at radius 2 is 1.79 bits per heavy atom. The predicted molar refractivity (Wildman–Crippen MR) is 124 cm³/mol. The van der Waals surface area contributed by atoms with Gasteiger partial charge in [0.15, 0.2) is 11.6 Å². The van der Waals surface area contributed by atoms with Crippen molar-refractivity contribution in [3.05, 3.63) is 59.5 Å². The van der Waals surface area contributed by atoms with Crippen molar-refractivity contribution in [2.24, 2.45) is 10.7 Å². The molecule has 0 spiro atoms. The minimum atomic E-state index is 0. The summed E-state index contributed by atoms with van der Waals surface area (Å²) in [5, 5.41) is 9.14. The zero-order valence-electron chi connectivity index (χ0n) is 15.4. The Hall–Kier alpha value is -2.07. The first-order valence-electron chi connectivity index (χ1n) is 9.05. The maximum atomic E-state index is 6.20. The van der Waals surface area contributed by atoms with Gasteiger partial charge in [-0.2, -0.15) is 0 Å². The van der Waals surface area contributed by atoms with Crippen molar-refractivity contribution in [2.45, 2.75) is 6.42 Å². The van der Waals surface area contributed by atoms with Gasteiger partial charge in [0.1, 0.15) is 5.82 Å². The summed E-state index contributed by atoms with van der Waals surface area (Å²) in [6, 6.07) is 13.8. The first-order chi connectivity index (χ1) is 13.2. The molecule has 1 saturated heterocycles. The van der Waals surface area contributed by atoms with Crippen LogP contribution in [0.2, 0.25) is 5.02 Å². The number of nitrogens with two attached hydrogens (primary N) is 1. The summed E-state index contributed by atoms with van der Waals surface area (Å²) in [6.07, 6.45) is 2.67. The molecule has 3 heterocycles. The van der Waals surface area contributed by atoms with E-state index < -0.39 is 0 Å². The third-order valence-electron chi connectivity index (χ3n) is 4.79. The molecule has 0 saturated carbocycles. The first-order valence-corrected chi connectivity index (χ1v) is 9.42. The van der Waals surface area contributed by atoms with E-state index in [2.05, 4.69) is 37.1 Å². The lowest BCUT2D eigenvalue weighted by Crippen LogP contribution is -2.51. The summed E-state index contributed by atoms with van der Waals surface area (Å²) in [7, 11) is 0. The molecule has 28 heavy (non-hydrogen) atoms. The van der Waals surface area contributed by atoms with Crippen molar-refractivity contribution in [2.75, 3.05) is 37.6 Å². The number of nitrogens with zero attached hydrogens (tertiary/aromatic N) is 6. The van der Waals surface area contributed by atoms with E-state index in [1.807, 2.05) is 40.9 Å². The zero-order chi connectivity index (χ0) is 18.6. The van der Waals surface area contributed by atoms with Gasteiger partial charge in [0.05, 0.1) is 0 Å². The van der Waals surface area contributed by atoms with Gasteiger partial charge in [-0.25, -0.2) is 0 Å². The van der Waals surface area contributed by atoms with Crippen molar-refractivity contribution in [3.8, 4) is 0 Å². The molecular formula is C19H23ClIN7. The zero-order valence-corrected chi connectivity index (χ0v) is 18.5. The van der Waals surface area contributed by atoms with Gasteiger partial charge in [-0.1, -0.05) is 17.7 Å². The summed E-state index contributed by atoms with van der Waals surface area (Å²) in [5.74, 6) is 1.49. The summed E-state index contributed by atoms with van der Waals surface area (Å²) >= 11 is 5.96. The number of pyridine rings is 1. The lowest BCUT2D eigenvalue weighted by Gasteiger charge is -2.36. The molecular weight excluding hydrogens is 489 g/mol. The highest BCUT2D eigenvalue weighted by atomic mass is 127. The van der Waals surface area contributed by atoms with E-state index in [1.54, 1.807) is 0 Å². The van der Waals surface area contributed by atoms with Crippen molar-refractivity contribution in [1.29, 1.82) is 0 Å². The van der Waals surface area contributed by atoms with Crippen LogP contribution in [0.15, 0.2) is 53.7 Å². The summed E-state index contributed by atoms with van der Waals surface area (Å²) in [4.78, 5) is 9.01. The van der Waals surface area contributed by atoms with E-state index in [4.69, 9.17) is 17.3 Å². The van der Waals surface area contributed by atoms with E-state index in [0.29, 0.717) is 18.9 Å². The number of rotatable bonds is 4. The maximum Gasteiger partial charge on any atom is 0.191 e. The standard InChI is InChI=1S/C19H22ClN7.HI/c20-15-4-6-16(7-5-15)25-11-13-26(14-12-25)19(21)22-9-8-18-24-23-17-3-1-2-10-27(17)18;/h1-7,10H,8-9,11-14H2,(H2,21,22);1H. The fourth-order valence-corrected chi connectivity index (χ4v) is 3.40. The van der Waals surface area contributed by atoms with Gasteiger partial charge in [-0.3, -0.25) is 9.39 Å². The average Bonchev–Trinajstić information content (AvgIpc) is 3.12. The van der Waals surface area contributed by atoms with Crippen LogP contribution in [0.3, 0.4) is 0 Å². The monoisotopic (exact) mass is 511 g/mol. The highest BCUT2D eigenvalue weighted by Crippen LogP contribution is 2.19. The van der Waals surface area contributed by atoms with Gasteiger partial charge in [0.25, 0.3) is 0 Å². The second-order valence-corrected chi connectivity index (χ2v) is 6.92. The molecule has 2 aromatic heterocycles. The second-order valence-electron chi connectivity index (χ2n) is 6.49. The third kappa shape index (κ3) is 4.67. The highest BCUT2D eigenvalue weighted by molar-refractivity contribution is 14.0. The molecule has 9 heteroatoms. The van der Waals surface area contributed by atoms with Gasteiger partial charge in [-0.05, 0) is 36.4 Å². The van der Waals surface area contributed by atoms with Crippen LogP contribution in [0.25, 0.3) is 5.65 Å². The van der Waals surface area contributed by atoms with E-state index in [1.165, 1.54) is 5.69 Å². The maximum absolute atomic E-state index is 6.20. The molecule has 1 fully saturated rings. The molecule has 7 nitrogen and oxygen atoms in total. The Balaban J connectivity index is 0.00000225. The van der Waals surface area contributed by atoms with Gasteiger partial charge in [0.2, 0.25) is 0 Å². The van der Waals surface area contributed by atoms with Gasteiger partial charge in [-0.15, -0.1) is 34.2 Å². The minimum Gasteiger partial charge on any atom is -0.370 e. The Kier molecular flexibility index (Phi) is 6.95. The highest BCUT2D eigenvalue weighted by Gasteiger charge is 2.18. The molecule has 2 N–H and O–H groups in total. The number of hydrogen-bond donors (Lipinski definition) is 1. The topological polar surface area (TPSA) is 75.0 Å². The van der Waals surface area contributed by atoms with Crippen LogP contribution in [0.1, 0.15) is 5.82 Å². The number of guanidine groups is 1. The molecule has 1 aromatic carbocycles. The number of fused-ring (bicyclic) bond motifs is 1. The molecule has 1 aliphatic heterocycles. The second kappa shape index (κ2) is 9.42. The molecule has 0 unspecified atom stereocenters. The van der Waals surface area contributed by atoms with Crippen LogP contribution in [0.4, 0.5) is 5.69 Å². The summed E-state index contributed by atoms with van der Waals surface area (Å²) in [6.45, 7) is 4.12. The third-order valence-corrected chi connectivity index (χ3v) is 5.04. The number of hydrogen-bond acceptors (Lipinski definition) is 4. The van der Waals surface area contributed by atoms with Crippen LogP contribution in [0, 0.1) is 0 Å². The van der Waals surface area contributed by atoms with Crippen molar-refractivity contribution < 1.29 is 0 Å². The Bertz CT molecular complexity index is 933. The molecule has 4 rings (SSSR count). The van der Waals surface area contributed by atoms with E-state index in [-0.39, 0.29) is 24.0 Å². The molecule has 3 aromatic rings. The van der Waals surface area contributed by atoms with Gasteiger partial charge in [0, 0.05) is 56.1 Å². The van der Waals surface area contributed by atoms with Crippen molar-refractivity contribution in [3.63, 3.8) is 0 Å². The molecule has 0 aliphatic carbocycles. The number of aromatic nitrogens is 3. The van der Waals surface area contributed by atoms with E-state index in [9.17, 15) is 0 Å². The quantitative estimate of drug-likeness (QED) is 0.331.